The van der Waals surface area contributed by atoms with E-state index in [1.807, 2.05) is 12.1 Å². The first-order valence-corrected chi connectivity index (χ1v) is 5.01. The second-order valence-electron chi connectivity index (χ2n) is 2.89. The van der Waals surface area contributed by atoms with Gasteiger partial charge in [0.05, 0.1) is 11.1 Å². The van der Waals surface area contributed by atoms with Crippen molar-refractivity contribution in [1.82, 2.24) is 0 Å². The number of hydrogen-bond donors (Lipinski definition) is 1. The first-order chi connectivity index (χ1) is 6.83. The van der Waals surface area contributed by atoms with Gasteiger partial charge in [0.2, 0.25) is 6.79 Å². The summed E-state index contributed by atoms with van der Waals surface area (Å²) < 4.78 is 11.6. The van der Waals surface area contributed by atoms with E-state index in [4.69, 9.17) is 15.4 Å². The highest BCUT2D eigenvalue weighted by atomic mass is 79.9. The Morgan fingerprint density at radius 1 is 1.36 bits per heavy atom. The molecule has 0 aliphatic carbocycles. The second kappa shape index (κ2) is 4.16. The van der Waals surface area contributed by atoms with Crippen LogP contribution in [0.25, 0.3) is 0 Å². The fraction of sp³-hybridized carbons (Fsp3) is 0.333. The Hall–Kier alpha value is -0.780. The maximum Gasteiger partial charge on any atom is 0.231 e. The van der Waals surface area contributed by atoms with Gasteiger partial charge in [-0.15, -0.1) is 0 Å². The topological polar surface area (TPSA) is 53.7 Å². The summed E-state index contributed by atoms with van der Waals surface area (Å²) in [7, 11) is 0. The van der Waals surface area contributed by atoms with Crippen LogP contribution < -0.4 is 15.4 Å². The maximum atomic E-state index is 5.36. The average molecular weight is 260 g/mol. The third-order valence-electron chi connectivity index (χ3n) is 2.04. The maximum absolute atomic E-state index is 5.36. The van der Waals surface area contributed by atoms with Crippen molar-refractivity contribution >= 4 is 15.9 Å². The molecule has 0 unspecified atom stereocenters. The van der Waals surface area contributed by atoms with Crippen LogP contribution in [0.1, 0.15) is 5.56 Å². The normalized spacial score (nSPS) is 13.3. The zero-order valence-electron chi connectivity index (χ0n) is 7.46. The summed E-state index contributed by atoms with van der Waals surface area (Å²) in [6.45, 7) is 0.742. The first-order valence-electron chi connectivity index (χ1n) is 4.21. The molecule has 2 rings (SSSR count). The van der Waals surface area contributed by atoms with Crippen molar-refractivity contribution in [3.8, 4) is 11.5 Å². The first kappa shape index (κ1) is 9.76. The third kappa shape index (κ3) is 1.70. The zero-order valence-corrected chi connectivity index (χ0v) is 9.04. The van der Waals surface area contributed by atoms with Crippen LogP contribution in [0.3, 0.4) is 0 Å². The predicted octanol–water partition coefficient (Wildman–Crippen LogP) is 1.61. The number of hydrogen-bond acceptors (Lipinski definition) is 4. The van der Waals surface area contributed by atoms with Crippen molar-refractivity contribution in [2.24, 2.45) is 5.90 Å². The van der Waals surface area contributed by atoms with Crippen LogP contribution in [0, 0.1) is 0 Å². The third-order valence-corrected chi connectivity index (χ3v) is 2.67. The van der Waals surface area contributed by atoms with E-state index in [1.165, 1.54) is 0 Å². The summed E-state index contributed by atoms with van der Waals surface area (Å²) >= 11 is 3.39. The highest BCUT2D eigenvalue weighted by Crippen LogP contribution is 2.41. The Kier molecular flexibility index (Phi) is 2.90. The van der Waals surface area contributed by atoms with E-state index < -0.39 is 0 Å². The molecule has 0 saturated heterocycles. The van der Waals surface area contributed by atoms with E-state index in [9.17, 15) is 0 Å². The summed E-state index contributed by atoms with van der Waals surface area (Å²) in [5, 5.41) is 0. The molecule has 14 heavy (non-hydrogen) atoms. The van der Waals surface area contributed by atoms with Gasteiger partial charge in [-0.05, 0) is 22.0 Å². The summed E-state index contributed by atoms with van der Waals surface area (Å²) in [6, 6.07) is 3.90. The minimum absolute atomic E-state index is 0.272. The van der Waals surface area contributed by atoms with Crippen LogP contribution in [0.2, 0.25) is 0 Å². The molecule has 1 heterocycles. The van der Waals surface area contributed by atoms with Crippen molar-refractivity contribution < 1.29 is 14.3 Å². The molecule has 1 aromatic carbocycles. The van der Waals surface area contributed by atoms with E-state index in [0.29, 0.717) is 6.61 Å². The minimum Gasteiger partial charge on any atom is -0.453 e. The van der Waals surface area contributed by atoms with Crippen molar-refractivity contribution in [3.05, 3.63) is 22.2 Å². The molecule has 1 aliphatic rings. The SMILES string of the molecule is NOCCc1ccc(Br)c2c1OCO2. The quantitative estimate of drug-likeness (QED) is 0.839. The molecule has 0 bridgehead atoms. The fourth-order valence-electron chi connectivity index (χ4n) is 1.39. The van der Waals surface area contributed by atoms with Crippen LogP contribution in [-0.2, 0) is 11.3 Å². The largest absolute Gasteiger partial charge is 0.453 e. The fourth-order valence-corrected chi connectivity index (χ4v) is 1.81. The lowest BCUT2D eigenvalue weighted by molar-refractivity contribution is 0.139. The van der Waals surface area contributed by atoms with E-state index in [1.54, 1.807) is 0 Å². The van der Waals surface area contributed by atoms with E-state index >= 15 is 0 Å². The molecule has 2 N–H and O–H groups in total. The lowest BCUT2D eigenvalue weighted by atomic mass is 10.1. The van der Waals surface area contributed by atoms with Crippen LogP contribution in [-0.4, -0.2) is 13.4 Å². The molecule has 0 fully saturated rings. The Morgan fingerprint density at radius 3 is 2.93 bits per heavy atom. The number of fused-ring (bicyclic) bond motifs is 1. The Morgan fingerprint density at radius 2 is 2.14 bits per heavy atom. The molecule has 0 saturated carbocycles. The molecule has 76 valence electrons. The Labute approximate surface area is 90.0 Å². The van der Waals surface area contributed by atoms with Gasteiger partial charge < -0.3 is 14.3 Å². The van der Waals surface area contributed by atoms with Gasteiger partial charge in [-0.2, -0.15) is 0 Å². The van der Waals surface area contributed by atoms with Crippen LogP contribution in [0.15, 0.2) is 16.6 Å². The number of rotatable bonds is 3. The van der Waals surface area contributed by atoms with Gasteiger partial charge in [0, 0.05) is 12.0 Å². The predicted molar refractivity (Wildman–Crippen MR) is 54.1 cm³/mol. The Balaban J connectivity index is 2.29. The average Bonchev–Trinajstić information content (AvgIpc) is 2.66. The van der Waals surface area contributed by atoms with Crippen LogP contribution in [0.5, 0.6) is 11.5 Å². The van der Waals surface area contributed by atoms with Crippen LogP contribution in [0.4, 0.5) is 0 Å². The monoisotopic (exact) mass is 259 g/mol. The van der Waals surface area contributed by atoms with Gasteiger partial charge in [0.15, 0.2) is 11.5 Å². The molecule has 0 amide bonds. The molecule has 1 aromatic rings. The van der Waals surface area contributed by atoms with Gasteiger partial charge in [-0.25, -0.2) is 5.90 Å². The number of benzene rings is 1. The summed E-state index contributed by atoms with van der Waals surface area (Å²) in [5.41, 5.74) is 1.05. The number of ether oxygens (including phenoxy) is 2. The van der Waals surface area contributed by atoms with Crippen molar-refractivity contribution in [2.75, 3.05) is 13.4 Å². The zero-order chi connectivity index (χ0) is 9.97. The lowest BCUT2D eigenvalue weighted by Crippen LogP contribution is -2.04. The molecule has 0 aromatic heterocycles. The Bertz CT molecular complexity index is 343. The number of nitrogens with two attached hydrogens (primary N) is 1. The van der Waals surface area contributed by atoms with Gasteiger partial charge in [0.1, 0.15) is 0 Å². The van der Waals surface area contributed by atoms with Crippen molar-refractivity contribution in [3.63, 3.8) is 0 Å². The molecule has 0 atom stereocenters. The molecule has 0 spiro atoms. The number of halogens is 1. The summed E-state index contributed by atoms with van der Waals surface area (Å²) in [6.07, 6.45) is 0.718. The van der Waals surface area contributed by atoms with Gasteiger partial charge in [-0.1, -0.05) is 6.07 Å². The summed E-state index contributed by atoms with van der Waals surface area (Å²) in [5.74, 6) is 6.52. The minimum atomic E-state index is 0.272. The molecule has 4 nitrogen and oxygen atoms in total. The van der Waals surface area contributed by atoms with Gasteiger partial charge in [-0.3, -0.25) is 0 Å². The smallest absolute Gasteiger partial charge is 0.231 e. The van der Waals surface area contributed by atoms with Crippen molar-refractivity contribution in [1.29, 1.82) is 0 Å². The highest BCUT2D eigenvalue weighted by molar-refractivity contribution is 9.10. The van der Waals surface area contributed by atoms with Gasteiger partial charge in [0.25, 0.3) is 0 Å². The second-order valence-corrected chi connectivity index (χ2v) is 3.75. The van der Waals surface area contributed by atoms with Crippen LogP contribution >= 0.6 is 15.9 Å². The van der Waals surface area contributed by atoms with E-state index in [0.717, 1.165) is 28.0 Å². The molecule has 1 aliphatic heterocycles. The molecule has 5 heteroatoms. The molecule has 0 radical (unpaired) electrons. The van der Waals surface area contributed by atoms with Crippen molar-refractivity contribution in [2.45, 2.75) is 6.42 Å². The molecular formula is C9H10BrNO3. The summed E-state index contributed by atoms with van der Waals surface area (Å²) in [4.78, 5) is 4.53. The van der Waals surface area contributed by atoms with E-state index in [-0.39, 0.29) is 6.79 Å². The standard InChI is InChI=1S/C9H10BrNO3/c10-7-2-1-6(3-4-14-11)8-9(7)13-5-12-8/h1-2H,3-5,11H2. The highest BCUT2D eigenvalue weighted by Gasteiger charge is 2.20. The van der Waals surface area contributed by atoms with E-state index in [2.05, 4.69) is 20.8 Å². The molecular weight excluding hydrogens is 250 g/mol. The van der Waals surface area contributed by atoms with Gasteiger partial charge >= 0.3 is 0 Å². The lowest BCUT2D eigenvalue weighted by Gasteiger charge is -2.05.